The molecule has 4 heterocycles. The molecule has 4 aromatic rings. The van der Waals surface area contributed by atoms with Gasteiger partial charge in [0.15, 0.2) is 17.2 Å². The predicted octanol–water partition coefficient (Wildman–Crippen LogP) is 4.63. The van der Waals surface area contributed by atoms with Gasteiger partial charge in [-0.25, -0.2) is 14.4 Å². The van der Waals surface area contributed by atoms with E-state index in [0.29, 0.717) is 34.7 Å². The van der Waals surface area contributed by atoms with E-state index in [-0.39, 0.29) is 17.9 Å². The number of anilines is 3. The van der Waals surface area contributed by atoms with Gasteiger partial charge in [-0.05, 0) is 13.0 Å². The van der Waals surface area contributed by atoms with Crippen LogP contribution in [0.1, 0.15) is 39.0 Å². The molecular weight excluding hydrogens is 451 g/mol. The van der Waals surface area contributed by atoms with Crippen molar-refractivity contribution in [3.8, 4) is 11.5 Å². The summed E-state index contributed by atoms with van der Waals surface area (Å²) in [6.45, 7) is 9.23. The van der Waals surface area contributed by atoms with Crippen molar-refractivity contribution in [1.82, 2.24) is 29.3 Å². The number of fused-ring (bicyclic) bond motifs is 1. The third kappa shape index (κ3) is 5.08. The second kappa shape index (κ2) is 9.32. The Morgan fingerprint density at radius 1 is 1.20 bits per heavy atom. The van der Waals surface area contributed by atoms with Gasteiger partial charge < -0.3 is 19.9 Å². The Balaban J connectivity index is 1.64. The Bertz CT molecular complexity index is 1390. The van der Waals surface area contributed by atoms with Crippen molar-refractivity contribution in [2.75, 3.05) is 17.3 Å². The summed E-state index contributed by atoms with van der Waals surface area (Å²) >= 11 is 0. The fourth-order valence-corrected chi connectivity index (χ4v) is 3.84. The van der Waals surface area contributed by atoms with E-state index in [4.69, 9.17) is 4.74 Å². The highest BCUT2D eigenvalue weighted by molar-refractivity contribution is 5.87. The maximum atomic E-state index is 13.1. The molecule has 1 amide bonds. The maximum absolute atomic E-state index is 13.1. The summed E-state index contributed by atoms with van der Waals surface area (Å²) in [7, 11) is 1.88. The molecule has 0 bridgehead atoms. The fraction of sp³-hybridized carbons (Fsp3) is 0.375. The molecule has 0 aromatic carbocycles. The number of carbonyl (C=O) groups is 1. The van der Waals surface area contributed by atoms with Crippen molar-refractivity contribution in [2.24, 2.45) is 7.05 Å². The molecule has 0 atom stereocenters. The number of rotatable bonds is 7. The lowest BCUT2D eigenvalue weighted by molar-refractivity contribution is -0.114. The zero-order valence-electron chi connectivity index (χ0n) is 20.7. The maximum Gasteiger partial charge on any atom is 0.222 e. The van der Waals surface area contributed by atoms with Gasteiger partial charge in [-0.2, -0.15) is 10.1 Å². The van der Waals surface area contributed by atoms with Crippen molar-refractivity contribution in [3.63, 3.8) is 0 Å². The number of aryl methyl sites for hydroxylation is 3. The zero-order chi connectivity index (χ0) is 25.3. The molecule has 0 aliphatic carbocycles. The van der Waals surface area contributed by atoms with Gasteiger partial charge in [0.05, 0.1) is 18.3 Å². The third-order valence-corrected chi connectivity index (χ3v) is 5.45. The van der Waals surface area contributed by atoms with Gasteiger partial charge in [0, 0.05) is 49.0 Å². The van der Waals surface area contributed by atoms with Crippen LogP contribution in [0.2, 0.25) is 0 Å². The van der Waals surface area contributed by atoms with Crippen LogP contribution in [-0.2, 0) is 23.8 Å². The minimum atomic E-state index is -0.494. The highest BCUT2D eigenvalue weighted by atomic mass is 19.1. The highest BCUT2D eigenvalue weighted by Crippen LogP contribution is 2.32. The number of ether oxygens (including phenoxy) is 1. The molecule has 0 saturated carbocycles. The Hall–Kier alpha value is -4.02. The van der Waals surface area contributed by atoms with Crippen molar-refractivity contribution in [3.05, 3.63) is 41.9 Å². The summed E-state index contributed by atoms with van der Waals surface area (Å²) in [5.41, 5.74) is 2.92. The smallest absolute Gasteiger partial charge is 0.222 e. The van der Waals surface area contributed by atoms with Gasteiger partial charge >= 0.3 is 0 Å². The zero-order valence-corrected chi connectivity index (χ0v) is 20.7. The van der Waals surface area contributed by atoms with Crippen LogP contribution in [0, 0.1) is 6.92 Å². The first-order chi connectivity index (χ1) is 16.6. The van der Waals surface area contributed by atoms with E-state index >= 15 is 0 Å². The highest BCUT2D eigenvalue weighted by Gasteiger charge is 2.22. The van der Waals surface area contributed by atoms with E-state index in [9.17, 15) is 9.18 Å². The van der Waals surface area contributed by atoms with Crippen LogP contribution in [0.3, 0.4) is 0 Å². The number of pyridine rings is 2. The number of carbonyl (C=O) groups excluding carboxylic acids is 1. The molecule has 0 aliphatic rings. The number of amides is 1. The summed E-state index contributed by atoms with van der Waals surface area (Å²) in [5.74, 6) is 2.38. The lowest BCUT2D eigenvalue weighted by Gasteiger charge is -2.19. The van der Waals surface area contributed by atoms with Crippen LogP contribution in [0.15, 0.2) is 30.6 Å². The summed E-state index contributed by atoms with van der Waals surface area (Å²) in [6, 6.07) is 5.26. The van der Waals surface area contributed by atoms with E-state index in [0.717, 1.165) is 16.8 Å². The SMILES string of the molecule is CC(=O)Nc1cc(Oc2cnc3nc(Nc4cc(C(C)(C)C)n(CCF)n4)n(C)c3c2C)ccn1. The normalized spacial score (nSPS) is 11.6. The third-order valence-electron chi connectivity index (χ3n) is 5.45. The molecule has 184 valence electrons. The lowest BCUT2D eigenvalue weighted by Crippen LogP contribution is -2.19. The quantitative estimate of drug-likeness (QED) is 0.397. The van der Waals surface area contributed by atoms with Crippen molar-refractivity contribution >= 4 is 34.7 Å². The number of hydrogen-bond donors (Lipinski definition) is 2. The largest absolute Gasteiger partial charge is 0.455 e. The summed E-state index contributed by atoms with van der Waals surface area (Å²) in [6.07, 6.45) is 3.17. The van der Waals surface area contributed by atoms with Gasteiger partial charge in [-0.1, -0.05) is 20.8 Å². The summed E-state index contributed by atoms with van der Waals surface area (Å²) in [5, 5.41) is 10.4. The monoisotopic (exact) mass is 480 g/mol. The first kappa shape index (κ1) is 24.1. The van der Waals surface area contributed by atoms with Crippen LogP contribution < -0.4 is 15.4 Å². The lowest BCUT2D eigenvalue weighted by atomic mass is 9.92. The number of nitrogens with zero attached hydrogens (tertiary/aromatic N) is 6. The summed E-state index contributed by atoms with van der Waals surface area (Å²) < 4.78 is 22.7. The van der Waals surface area contributed by atoms with Crippen LogP contribution in [0.5, 0.6) is 11.5 Å². The number of alkyl halides is 1. The molecule has 0 radical (unpaired) electrons. The number of imidazole rings is 1. The molecule has 10 nitrogen and oxygen atoms in total. The second-order valence-corrected chi connectivity index (χ2v) is 9.28. The Labute approximate surface area is 202 Å². The van der Waals surface area contributed by atoms with Crippen LogP contribution in [-0.4, -0.2) is 41.9 Å². The fourth-order valence-electron chi connectivity index (χ4n) is 3.84. The van der Waals surface area contributed by atoms with Crippen LogP contribution in [0.4, 0.5) is 22.0 Å². The van der Waals surface area contributed by atoms with Gasteiger partial charge in [-0.3, -0.25) is 9.48 Å². The average molecular weight is 481 g/mol. The first-order valence-corrected chi connectivity index (χ1v) is 11.2. The number of hydrogen-bond acceptors (Lipinski definition) is 7. The number of halogens is 1. The Morgan fingerprint density at radius 2 is 1.97 bits per heavy atom. The molecule has 0 spiro atoms. The number of nitrogens with one attached hydrogen (secondary N) is 2. The molecule has 4 aromatic heterocycles. The molecule has 0 aliphatic heterocycles. The van der Waals surface area contributed by atoms with E-state index < -0.39 is 6.67 Å². The Kier molecular flexibility index (Phi) is 6.42. The van der Waals surface area contributed by atoms with Crippen molar-refractivity contribution < 1.29 is 13.9 Å². The minimum absolute atomic E-state index is 0.189. The van der Waals surface area contributed by atoms with Crippen molar-refractivity contribution in [1.29, 1.82) is 0 Å². The van der Waals surface area contributed by atoms with E-state index in [2.05, 4.69) is 51.5 Å². The average Bonchev–Trinajstić information content (AvgIpc) is 3.32. The van der Waals surface area contributed by atoms with Crippen LogP contribution in [0.25, 0.3) is 11.2 Å². The standard InChI is InChI=1S/C24H29FN8O2/c1-14-17(35-16-7-9-26-19(11-16)28-15(2)34)13-27-22-21(14)32(6)23(30-22)29-20-12-18(24(3,4)5)33(31-20)10-8-25/h7,9,11-13H,8,10H2,1-6H3,(H,26,28,34)(H,27,29,30,31). The first-order valence-electron chi connectivity index (χ1n) is 11.2. The van der Waals surface area contributed by atoms with Crippen molar-refractivity contribution in [2.45, 2.75) is 46.6 Å². The van der Waals surface area contributed by atoms with E-state index in [1.807, 2.05) is 24.6 Å². The van der Waals surface area contributed by atoms with Gasteiger partial charge in [-0.15, -0.1) is 0 Å². The number of aromatic nitrogens is 6. The molecule has 35 heavy (non-hydrogen) atoms. The summed E-state index contributed by atoms with van der Waals surface area (Å²) in [4.78, 5) is 24.5. The van der Waals surface area contributed by atoms with Gasteiger partial charge in [0.1, 0.15) is 18.2 Å². The molecule has 2 N–H and O–H groups in total. The van der Waals surface area contributed by atoms with Crippen LogP contribution >= 0.6 is 0 Å². The molecule has 11 heteroatoms. The molecular formula is C24H29FN8O2. The minimum Gasteiger partial charge on any atom is -0.455 e. The van der Waals surface area contributed by atoms with Gasteiger partial charge in [0.2, 0.25) is 11.9 Å². The molecule has 0 fully saturated rings. The van der Waals surface area contributed by atoms with E-state index in [1.54, 1.807) is 29.2 Å². The van der Waals surface area contributed by atoms with Gasteiger partial charge in [0.25, 0.3) is 0 Å². The second-order valence-electron chi connectivity index (χ2n) is 9.28. The van der Waals surface area contributed by atoms with E-state index in [1.165, 1.54) is 6.92 Å². The molecule has 0 unspecified atom stereocenters. The molecule has 4 rings (SSSR count). The topological polar surface area (TPSA) is 112 Å². The Morgan fingerprint density at radius 3 is 2.66 bits per heavy atom. The predicted molar refractivity (Wildman–Crippen MR) is 132 cm³/mol. The molecule has 0 saturated heterocycles.